The summed E-state index contributed by atoms with van der Waals surface area (Å²) in [6.07, 6.45) is 0. The maximum Gasteiger partial charge on any atom is 2.00 e. The van der Waals surface area contributed by atoms with Crippen LogP contribution in [0.5, 0.6) is 0 Å². The van der Waals surface area contributed by atoms with E-state index in [1.165, 1.54) is 0 Å². The van der Waals surface area contributed by atoms with Crippen LogP contribution < -0.4 is 29.4 Å². The van der Waals surface area contributed by atoms with Crippen LogP contribution in [0.15, 0.2) is 0 Å². The van der Waals surface area contributed by atoms with Gasteiger partial charge >= 0.3 is 21.1 Å². The van der Waals surface area contributed by atoms with Crippen LogP contribution in [-0.2, 0) is 25.9 Å². The first-order valence-corrected chi connectivity index (χ1v) is 1.17. The van der Waals surface area contributed by atoms with Crippen LogP contribution in [0, 0.1) is 0 Å². The van der Waals surface area contributed by atoms with Crippen molar-refractivity contribution in [3.05, 3.63) is 0 Å². The molecule has 5 N–H and O–H groups in total. The molecule has 54 valence electrons. The van der Waals surface area contributed by atoms with Gasteiger partial charge in [-0.05, 0) is 0 Å². The summed E-state index contributed by atoms with van der Waals surface area (Å²) in [5, 5.41) is 9.13. The molecule has 0 rings (SSSR count). The zero-order valence-electron chi connectivity index (χ0n) is 4.00. The van der Waals surface area contributed by atoms with E-state index in [1.54, 1.807) is 0 Å². The van der Waals surface area contributed by atoms with E-state index in [0.717, 1.165) is 0 Å². The van der Waals surface area contributed by atoms with Crippen molar-refractivity contribution in [2.45, 2.75) is 0 Å². The van der Waals surface area contributed by atoms with Crippen molar-refractivity contribution in [3.8, 4) is 0 Å². The third-order valence-electron chi connectivity index (χ3n) is 0.167. The molecule has 0 saturated heterocycles. The number of carboxylic acids is 1. The van der Waals surface area contributed by atoms with Crippen molar-refractivity contribution < 1.29 is 43.4 Å². The summed E-state index contributed by atoms with van der Waals surface area (Å²) in [6.45, 7) is -0.389. The van der Waals surface area contributed by atoms with E-state index in [0.29, 0.717) is 0 Å². The van der Waals surface area contributed by atoms with E-state index in [-0.39, 0.29) is 46.2 Å². The van der Waals surface area contributed by atoms with Crippen LogP contribution in [-0.4, -0.2) is 12.5 Å². The van der Waals surface area contributed by atoms with Crippen molar-refractivity contribution in [1.29, 1.82) is 0 Å². The Morgan fingerprint density at radius 2 is 1.75 bits per heavy atom. The van der Waals surface area contributed by atoms with Gasteiger partial charge in [0.1, 0.15) is 0 Å². The average Bonchev–Trinajstić information content (AvgIpc) is 1.38. The van der Waals surface area contributed by atoms with E-state index in [1.807, 2.05) is 0 Å². The van der Waals surface area contributed by atoms with Gasteiger partial charge in [-0.15, -0.1) is 0 Å². The largest absolute Gasteiger partial charge is 2.00 e. The number of carbonyl (C=O) groups excluding carboxylic acids is 1. The van der Waals surface area contributed by atoms with Gasteiger partial charge in [0.25, 0.3) is 0 Å². The molecule has 0 aromatic carbocycles. The van der Waals surface area contributed by atoms with Crippen molar-refractivity contribution in [2.24, 2.45) is 5.73 Å². The minimum absolute atomic E-state index is 0. The first-order chi connectivity index (χ1) is 2.27. The van der Waals surface area contributed by atoms with E-state index >= 15 is 0 Å². The topological polar surface area (TPSA) is 101 Å². The normalized spacial score (nSPS) is 4.62. The Bertz CT molecular complexity index is 53.3. The Hall–Kier alpha value is 0.368. The summed E-state index contributed by atoms with van der Waals surface area (Å²) in [5.41, 5.74) is 4.51. The van der Waals surface area contributed by atoms with Gasteiger partial charge in [-0.1, -0.05) is 0 Å². The van der Waals surface area contributed by atoms with Crippen molar-refractivity contribution >= 4 is 5.97 Å². The summed E-state index contributed by atoms with van der Waals surface area (Å²) < 4.78 is 0. The number of halogens is 1. The quantitative estimate of drug-likeness (QED) is 0.504. The molecule has 0 aliphatic carbocycles. The molecule has 0 fully saturated rings. The van der Waals surface area contributed by atoms with Crippen LogP contribution in [0.3, 0.4) is 0 Å². The second-order valence-corrected chi connectivity index (χ2v) is 0.576. The summed E-state index contributed by atoms with van der Waals surface area (Å²) in [6, 6.07) is 0. The fourth-order valence-corrected chi connectivity index (χ4v) is 0. The van der Waals surface area contributed by atoms with Gasteiger partial charge in [0, 0.05) is 6.54 Å². The molecule has 0 atom stereocenters. The molecule has 0 saturated carbocycles. The number of rotatable bonds is 1. The second-order valence-electron chi connectivity index (χ2n) is 0.576. The standard InChI is InChI=1S/C2H5NO2.ClH.H3N.Pt/c3-1-2(4)5;;;/h1,3H2,(H,4,5);1H;1H3;/q;;;+2/p-2. The van der Waals surface area contributed by atoms with Gasteiger partial charge in [-0.2, -0.15) is 0 Å². The predicted octanol–water partition coefficient (Wildman–Crippen LogP) is -5.14. The van der Waals surface area contributed by atoms with E-state index in [2.05, 4.69) is 5.73 Å². The number of hydrogen-bond acceptors (Lipinski definition) is 4. The van der Waals surface area contributed by atoms with Gasteiger partial charge in [0.15, 0.2) is 0 Å². The number of aliphatic carboxylic acids is 1. The minimum atomic E-state index is -1.22. The zero-order chi connectivity index (χ0) is 4.28. The molecule has 0 radical (unpaired) electrons. The maximum atomic E-state index is 9.13. The van der Waals surface area contributed by atoms with Gasteiger partial charge in [-0.25, -0.2) is 0 Å². The number of carbonyl (C=O) groups is 1. The van der Waals surface area contributed by atoms with Crippen molar-refractivity contribution in [1.82, 2.24) is 6.15 Å². The predicted molar refractivity (Wildman–Crippen MR) is 19.1 cm³/mol. The van der Waals surface area contributed by atoms with Gasteiger partial charge in [0.05, 0.1) is 5.97 Å². The Kier molecular flexibility index (Phi) is 46.6. The Morgan fingerprint density at radius 1 is 1.62 bits per heavy atom. The third kappa shape index (κ3) is 32.7. The molecule has 0 aromatic heterocycles. The molecule has 8 heavy (non-hydrogen) atoms. The van der Waals surface area contributed by atoms with E-state index in [4.69, 9.17) is 9.90 Å². The molecule has 0 aromatic rings. The molecular formula is C2H7ClN2O2Pt. The minimum Gasteiger partial charge on any atom is -1.00 e. The summed E-state index contributed by atoms with van der Waals surface area (Å²) >= 11 is 0. The van der Waals surface area contributed by atoms with E-state index < -0.39 is 5.97 Å². The molecule has 0 spiro atoms. The molecule has 0 aliphatic heterocycles. The number of carboxylic acid groups (broad SMARTS) is 1. The first-order valence-electron chi connectivity index (χ1n) is 1.17. The number of hydrogen-bond donors (Lipinski definition) is 2. The summed E-state index contributed by atoms with van der Waals surface area (Å²) in [5.74, 6) is -1.22. The molecule has 0 amide bonds. The summed E-state index contributed by atoms with van der Waals surface area (Å²) in [4.78, 5) is 9.13. The molecule has 6 heteroatoms. The smallest absolute Gasteiger partial charge is 1.00 e. The summed E-state index contributed by atoms with van der Waals surface area (Å²) in [7, 11) is 0. The third-order valence-corrected chi connectivity index (χ3v) is 0.167. The molecule has 0 bridgehead atoms. The Labute approximate surface area is 68.1 Å². The van der Waals surface area contributed by atoms with Gasteiger partial charge < -0.3 is 34.2 Å². The van der Waals surface area contributed by atoms with Crippen molar-refractivity contribution in [3.63, 3.8) is 0 Å². The zero-order valence-corrected chi connectivity index (χ0v) is 7.03. The molecule has 0 aliphatic rings. The van der Waals surface area contributed by atoms with Crippen molar-refractivity contribution in [2.75, 3.05) is 6.54 Å². The van der Waals surface area contributed by atoms with Crippen LogP contribution in [0.2, 0.25) is 0 Å². The SMILES string of the molecule is N.NCC(=O)[O-].[Cl-].[Pt+2]. The fraction of sp³-hybridized carbons (Fsp3) is 0.500. The van der Waals surface area contributed by atoms with E-state index in [9.17, 15) is 0 Å². The monoisotopic (exact) mass is 321 g/mol. The van der Waals surface area contributed by atoms with Gasteiger partial charge in [-0.3, -0.25) is 0 Å². The van der Waals surface area contributed by atoms with Gasteiger partial charge in [0.2, 0.25) is 0 Å². The molecule has 0 heterocycles. The van der Waals surface area contributed by atoms with Crippen LogP contribution in [0.4, 0.5) is 0 Å². The first kappa shape index (κ1) is 23.8. The van der Waals surface area contributed by atoms with Crippen LogP contribution in [0.1, 0.15) is 0 Å². The Balaban J connectivity index is -0.0000000267. The molecule has 0 unspecified atom stereocenters. The van der Waals surface area contributed by atoms with Crippen LogP contribution >= 0.6 is 0 Å². The fourth-order valence-electron chi connectivity index (χ4n) is 0. The average molecular weight is 322 g/mol. The Morgan fingerprint density at radius 3 is 1.75 bits per heavy atom. The maximum absolute atomic E-state index is 9.13. The van der Waals surface area contributed by atoms with Crippen LogP contribution in [0.25, 0.3) is 0 Å². The number of nitrogens with two attached hydrogens (primary N) is 1. The molecular weight excluding hydrogens is 315 g/mol. The second kappa shape index (κ2) is 15.7. The molecule has 4 nitrogen and oxygen atoms in total.